The monoisotopic (exact) mass is 346 g/mol. The minimum atomic E-state index is -4.46. The van der Waals surface area contributed by atoms with E-state index in [1.807, 2.05) is 0 Å². The number of carboxylic acids is 1. The van der Waals surface area contributed by atoms with Gasteiger partial charge in [-0.15, -0.1) is 12.4 Å². The first-order valence-electron chi connectivity index (χ1n) is 6.91. The van der Waals surface area contributed by atoms with Crippen molar-refractivity contribution in [2.75, 3.05) is 26.2 Å². The number of carbonyl (C=O) groups is 2. The van der Waals surface area contributed by atoms with Gasteiger partial charge >= 0.3 is 12.1 Å². The molecule has 1 aliphatic rings. The Morgan fingerprint density at radius 2 is 1.95 bits per heavy atom. The summed E-state index contributed by atoms with van der Waals surface area (Å²) in [6.45, 7) is 2.31. The van der Waals surface area contributed by atoms with Crippen LogP contribution in [0.2, 0.25) is 0 Å². The third-order valence-electron chi connectivity index (χ3n) is 3.30. The number of carboxylic acid groups (broad SMARTS) is 1. The molecule has 1 heterocycles. The number of rotatable bonds is 6. The Bertz CT molecular complexity index is 391. The highest BCUT2D eigenvalue weighted by atomic mass is 35.5. The highest BCUT2D eigenvalue weighted by Crippen LogP contribution is 2.20. The van der Waals surface area contributed by atoms with Crippen molar-refractivity contribution in [3.63, 3.8) is 0 Å². The molecular formula is C13H22ClF3N2O3. The average Bonchev–Trinajstić information content (AvgIpc) is 2.73. The molecular weight excluding hydrogens is 325 g/mol. The van der Waals surface area contributed by atoms with Crippen LogP contribution in [-0.4, -0.2) is 65.2 Å². The second-order valence-corrected chi connectivity index (χ2v) is 5.75. The molecule has 5 nitrogen and oxygen atoms in total. The largest absolute Gasteiger partial charge is 0.480 e. The summed E-state index contributed by atoms with van der Waals surface area (Å²) in [6.07, 6.45) is -3.40. The van der Waals surface area contributed by atoms with E-state index >= 15 is 0 Å². The van der Waals surface area contributed by atoms with Gasteiger partial charge in [-0.05, 0) is 25.3 Å². The quantitative estimate of drug-likeness (QED) is 0.799. The molecule has 1 rings (SSSR count). The standard InChI is InChI=1S/C13H21F3N2O3.ClH/c1-9(2)6-18(8-13(14,15)16)11(19)7-17-5-3-4-10(17)12(20)21;/h9-10H,3-8H2,1-2H3,(H,20,21);1H/t10-;/m1./s1. The molecule has 1 atom stereocenters. The van der Waals surface area contributed by atoms with Gasteiger partial charge in [-0.25, -0.2) is 0 Å². The maximum absolute atomic E-state index is 12.5. The summed E-state index contributed by atoms with van der Waals surface area (Å²) in [5.74, 6) is -1.80. The van der Waals surface area contributed by atoms with Crippen molar-refractivity contribution in [1.82, 2.24) is 9.80 Å². The van der Waals surface area contributed by atoms with Gasteiger partial charge in [-0.1, -0.05) is 13.8 Å². The molecule has 1 aliphatic heterocycles. The summed E-state index contributed by atoms with van der Waals surface area (Å²) in [6, 6.07) is -0.777. The molecule has 0 aromatic rings. The zero-order valence-corrected chi connectivity index (χ0v) is 13.4. The summed E-state index contributed by atoms with van der Waals surface area (Å²) in [7, 11) is 0. The minimum absolute atomic E-state index is 0. The van der Waals surface area contributed by atoms with Gasteiger partial charge in [-0.3, -0.25) is 14.5 Å². The van der Waals surface area contributed by atoms with E-state index < -0.39 is 30.6 Å². The Morgan fingerprint density at radius 3 is 2.41 bits per heavy atom. The molecule has 0 aromatic carbocycles. The van der Waals surface area contributed by atoms with Crippen LogP contribution in [-0.2, 0) is 9.59 Å². The zero-order valence-electron chi connectivity index (χ0n) is 12.6. The number of carbonyl (C=O) groups excluding carboxylic acids is 1. The van der Waals surface area contributed by atoms with E-state index in [-0.39, 0.29) is 31.4 Å². The first kappa shape index (κ1) is 21.0. The lowest BCUT2D eigenvalue weighted by Gasteiger charge is -2.29. The maximum atomic E-state index is 12.5. The van der Waals surface area contributed by atoms with Gasteiger partial charge in [0.05, 0.1) is 6.54 Å². The normalized spacial score (nSPS) is 19.1. The third-order valence-corrected chi connectivity index (χ3v) is 3.30. The lowest BCUT2D eigenvalue weighted by Crippen LogP contribution is -2.48. The van der Waals surface area contributed by atoms with Gasteiger partial charge in [0.2, 0.25) is 5.91 Å². The van der Waals surface area contributed by atoms with Crippen molar-refractivity contribution in [3.8, 4) is 0 Å². The SMILES string of the molecule is CC(C)CN(CC(F)(F)F)C(=O)CN1CCC[C@@H]1C(=O)O.Cl. The van der Waals surface area contributed by atoms with Crippen molar-refractivity contribution in [1.29, 1.82) is 0 Å². The van der Waals surface area contributed by atoms with E-state index in [9.17, 15) is 22.8 Å². The number of amides is 1. The van der Waals surface area contributed by atoms with Crippen LogP contribution in [0.3, 0.4) is 0 Å². The van der Waals surface area contributed by atoms with Gasteiger partial charge < -0.3 is 10.0 Å². The fraction of sp³-hybridized carbons (Fsp3) is 0.846. The van der Waals surface area contributed by atoms with Crippen molar-refractivity contribution in [2.45, 2.75) is 38.9 Å². The molecule has 130 valence electrons. The first-order chi connectivity index (χ1) is 9.60. The number of alkyl halides is 3. The molecule has 0 aromatic heterocycles. The fourth-order valence-electron chi connectivity index (χ4n) is 2.48. The Morgan fingerprint density at radius 1 is 1.36 bits per heavy atom. The second-order valence-electron chi connectivity index (χ2n) is 5.75. The van der Waals surface area contributed by atoms with E-state index in [1.165, 1.54) is 4.90 Å². The highest BCUT2D eigenvalue weighted by Gasteiger charge is 2.36. The number of halogens is 4. The van der Waals surface area contributed by atoms with Crippen molar-refractivity contribution < 1.29 is 27.9 Å². The molecule has 0 unspecified atom stereocenters. The molecule has 1 N–H and O–H groups in total. The van der Waals surface area contributed by atoms with Crippen LogP contribution in [0.4, 0.5) is 13.2 Å². The lowest BCUT2D eigenvalue weighted by molar-refractivity contribution is -0.163. The third kappa shape index (κ3) is 6.83. The van der Waals surface area contributed by atoms with Crippen LogP contribution in [0.15, 0.2) is 0 Å². The Labute approximate surface area is 133 Å². The van der Waals surface area contributed by atoms with Gasteiger partial charge in [0.1, 0.15) is 12.6 Å². The fourth-order valence-corrected chi connectivity index (χ4v) is 2.48. The lowest BCUT2D eigenvalue weighted by atomic mass is 10.2. The molecule has 9 heteroatoms. The molecule has 1 saturated heterocycles. The van der Waals surface area contributed by atoms with E-state index in [0.29, 0.717) is 19.4 Å². The van der Waals surface area contributed by atoms with Crippen LogP contribution >= 0.6 is 12.4 Å². The predicted molar refractivity (Wildman–Crippen MR) is 77.0 cm³/mol. The maximum Gasteiger partial charge on any atom is 0.406 e. The zero-order chi connectivity index (χ0) is 16.2. The van der Waals surface area contributed by atoms with Crippen LogP contribution in [0, 0.1) is 5.92 Å². The first-order valence-corrected chi connectivity index (χ1v) is 6.91. The van der Waals surface area contributed by atoms with Gasteiger partial charge in [0, 0.05) is 6.54 Å². The minimum Gasteiger partial charge on any atom is -0.480 e. The molecule has 0 radical (unpaired) electrons. The summed E-state index contributed by atoms with van der Waals surface area (Å²) in [4.78, 5) is 25.3. The van der Waals surface area contributed by atoms with Crippen LogP contribution in [0.1, 0.15) is 26.7 Å². The van der Waals surface area contributed by atoms with Crippen LogP contribution in [0.5, 0.6) is 0 Å². The smallest absolute Gasteiger partial charge is 0.406 e. The van der Waals surface area contributed by atoms with Gasteiger partial charge in [0.25, 0.3) is 0 Å². The number of likely N-dealkylation sites (tertiary alicyclic amines) is 1. The summed E-state index contributed by atoms with van der Waals surface area (Å²) < 4.78 is 37.6. The molecule has 1 fully saturated rings. The van der Waals surface area contributed by atoms with E-state index in [1.54, 1.807) is 13.8 Å². The average molecular weight is 347 g/mol. The van der Waals surface area contributed by atoms with Crippen molar-refractivity contribution in [2.24, 2.45) is 5.92 Å². The highest BCUT2D eigenvalue weighted by molar-refractivity contribution is 5.85. The van der Waals surface area contributed by atoms with Crippen molar-refractivity contribution >= 4 is 24.3 Å². The van der Waals surface area contributed by atoms with E-state index in [2.05, 4.69) is 0 Å². The van der Waals surface area contributed by atoms with Gasteiger partial charge in [0.15, 0.2) is 0 Å². The Hall–Kier alpha value is -1.02. The summed E-state index contributed by atoms with van der Waals surface area (Å²) >= 11 is 0. The number of hydrogen-bond acceptors (Lipinski definition) is 3. The van der Waals surface area contributed by atoms with Gasteiger partial charge in [-0.2, -0.15) is 13.2 Å². The number of nitrogens with zero attached hydrogens (tertiary/aromatic N) is 2. The van der Waals surface area contributed by atoms with Crippen LogP contribution in [0.25, 0.3) is 0 Å². The number of hydrogen-bond donors (Lipinski definition) is 1. The summed E-state index contributed by atoms with van der Waals surface area (Å²) in [5.41, 5.74) is 0. The molecule has 0 aliphatic carbocycles. The topological polar surface area (TPSA) is 60.9 Å². The van der Waals surface area contributed by atoms with E-state index in [0.717, 1.165) is 4.90 Å². The second kappa shape index (κ2) is 8.57. The van der Waals surface area contributed by atoms with Crippen molar-refractivity contribution in [3.05, 3.63) is 0 Å². The Kier molecular flexibility index (Phi) is 8.17. The summed E-state index contributed by atoms with van der Waals surface area (Å²) in [5, 5.41) is 9.02. The molecule has 22 heavy (non-hydrogen) atoms. The molecule has 1 amide bonds. The predicted octanol–water partition coefficient (Wildman–Crippen LogP) is 2.00. The molecule has 0 bridgehead atoms. The van der Waals surface area contributed by atoms with E-state index in [4.69, 9.17) is 5.11 Å². The van der Waals surface area contributed by atoms with Crippen LogP contribution < -0.4 is 0 Å². The molecule has 0 spiro atoms. The molecule has 0 saturated carbocycles. The Balaban J connectivity index is 0.00000441. The number of aliphatic carboxylic acids is 1.